The number of hydrogen-bond donors (Lipinski definition) is 2. The van der Waals surface area contributed by atoms with Crippen molar-refractivity contribution in [3.8, 4) is 11.3 Å². The number of carbonyl (C=O) groups is 2. The molecule has 2 aromatic rings. The fraction of sp³-hybridized carbons (Fsp3) is 0.214. The highest BCUT2D eigenvalue weighted by molar-refractivity contribution is 7.14. The molecule has 0 unspecified atom stereocenters. The molecule has 0 bridgehead atoms. The van der Waals surface area contributed by atoms with Crippen LogP contribution in [0, 0.1) is 0 Å². The average Bonchev–Trinajstić information content (AvgIpc) is 2.90. The summed E-state index contributed by atoms with van der Waals surface area (Å²) in [6.07, 6.45) is 0.417. The number of rotatable bonds is 6. The van der Waals surface area contributed by atoms with Crippen molar-refractivity contribution in [2.24, 2.45) is 0 Å². The lowest BCUT2D eigenvalue weighted by atomic mass is 10.2. The third kappa shape index (κ3) is 4.69. The summed E-state index contributed by atoms with van der Waals surface area (Å²) in [6.45, 7) is 0. The summed E-state index contributed by atoms with van der Waals surface area (Å²) >= 11 is 13.1. The van der Waals surface area contributed by atoms with Crippen LogP contribution in [-0.2, 0) is 9.59 Å². The second-order valence-corrected chi connectivity index (χ2v) is 6.13. The molecule has 116 valence electrons. The molecule has 8 heteroatoms. The molecule has 0 saturated carbocycles. The van der Waals surface area contributed by atoms with Gasteiger partial charge in [-0.15, -0.1) is 11.3 Å². The van der Waals surface area contributed by atoms with Crippen LogP contribution in [0.25, 0.3) is 11.3 Å². The van der Waals surface area contributed by atoms with Crippen LogP contribution in [0.15, 0.2) is 23.6 Å². The Labute approximate surface area is 140 Å². The normalized spacial score (nSPS) is 10.5. The summed E-state index contributed by atoms with van der Waals surface area (Å²) in [4.78, 5) is 26.4. The number of benzene rings is 1. The Hall–Kier alpha value is -1.63. The van der Waals surface area contributed by atoms with Gasteiger partial charge in [0.1, 0.15) is 0 Å². The van der Waals surface area contributed by atoms with Crippen molar-refractivity contribution in [2.45, 2.75) is 19.3 Å². The largest absolute Gasteiger partial charge is 0.481 e. The van der Waals surface area contributed by atoms with Crippen molar-refractivity contribution < 1.29 is 14.7 Å². The number of nitrogens with zero attached hydrogens (tertiary/aromatic N) is 1. The molecule has 2 N–H and O–H groups in total. The van der Waals surface area contributed by atoms with Gasteiger partial charge >= 0.3 is 5.97 Å². The average molecular weight is 359 g/mol. The number of aliphatic carboxylic acids is 1. The molecule has 0 aliphatic heterocycles. The van der Waals surface area contributed by atoms with Gasteiger partial charge in [0.2, 0.25) is 5.91 Å². The SMILES string of the molecule is O=C(O)CCCC(=O)Nc1nc(-c2ccc(Cl)c(Cl)c2)cs1. The van der Waals surface area contributed by atoms with Gasteiger partial charge in [0.05, 0.1) is 15.7 Å². The molecule has 22 heavy (non-hydrogen) atoms. The zero-order chi connectivity index (χ0) is 16.1. The zero-order valence-electron chi connectivity index (χ0n) is 11.3. The number of amides is 1. The van der Waals surface area contributed by atoms with E-state index in [-0.39, 0.29) is 18.7 Å². The fourth-order valence-corrected chi connectivity index (χ4v) is 2.74. The predicted octanol–water partition coefficient (Wildman–Crippen LogP) is 4.31. The number of nitrogens with one attached hydrogen (secondary N) is 1. The molecular formula is C14H12Cl2N2O3S. The van der Waals surface area contributed by atoms with E-state index in [4.69, 9.17) is 28.3 Å². The lowest BCUT2D eigenvalue weighted by molar-refractivity contribution is -0.137. The Morgan fingerprint density at radius 3 is 2.68 bits per heavy atom. The summed E-state index contributed by atoms with van der Waals surface area (Å²) < 4.78 is 0. The van der Waals surface area contributed by atoms with Crippen molar-refractivity contribution in [2.75, 3.05) is 5.32 Å². The van der Waals surface area contributed by atoms with E-state index in [9.17, 15) is 9.59 Å². The highest BCUT2D eigenvalue weighted by Crippen LogP contribution is 2.30. The maximum absolute atomic E-state index is 11.7. The number of carboxylic acids is 1. The highest BCUT2D eigenvalue weighted by atomic mass is 35.5. The number of anilines is 1. The van der Waals surface area contributed by atoms with Gasteiger partial charge in [-0.25, -0.2) is 4.98 Å². The standard InChI is InChI=1S/C14H12Cl2N2O3S/c15-9-5-4-8(6-10(9)16)11-7-22-14(17-11)18-12(19)2-1-3-13(20)21/h4-7H,1-3H2,(H,20,21)(H,17,18,19). The summed E-state index contributed by atoms with van der Waals surface area (Å²) in [5.74, 6) is -1.17. The minimum absolute atomic E-state index is 0.0280. The number of carbonyl (C=O) groups excluding carboxylic acids is 1. The van der Waals surface area contributed by atoms with E-state index >= 15 is 0 Å². The Balaban J connectivity index is 1.97. The molecular weight excluding hydrogens is 347 g/mol. The lowest BCUT2D eigenvalue weighted by Crippen LogP contribution is -2.11. The van der Waals surface area contributed by atoms with Crippen molar-refractivity contribution in [1.82, 2.24) is 4.98 Å². The van der Waals surface area contributed by atoms with E-state index in [0.29, 0.717) is 27.3 Å². The monoisotopic (exact) mass is 358 g/mol. The van der Waals surface area contributed by atoms with Crippen LogP contribution in [0.1, 0.15) is 19.3 Å². The third-order valence-electron chi connectivity index (χ3n) is 2.76. The van der Waals surface area contributed by atoms with Gasteiger partial charge in [-0.1, -0.05) is 29.3 Å². The van der Waals surface area contributed by atoms with Gasteiger partial charge in [0, 0.05) is 23.8 Å². The molecule has 0 spiro atoms. The Kier molecular flexibility index (Phi) is 5.76. The molecule has 0 radical (unpaired) electrons. The van der Waals surface area contributed by atoms with E-state index < -0.39 is 5.97 Å². The molecule has 1 aromatic heterocycles. The minimum atomic E-state index is -0.913. The molecule has 0 aliphatic rings. The van der Waals surface area contributed by atoms with Crippen molar-refractivity contribution >= 4 is 51.5 Å². The van der Waals surface area contributed by atoms with E-state index in [1.54, 1.807) is 23.6 Å². The molecule has 0 fully saturated rings. The molecule has 1 heterocycles. The maximum Gasteiger partial charge on any atom is 0.303 e. The molecule has 1 amide bonds. The van der Waals surface area contributed by atoms with Crippen LogP contribution in [0.4, 0.5) is 5.13 Å². The van der Waals surface area contributed by atoms with Crippen molar-refractivity contribution in [3.05, 3.63) is 33.6 Å². The second-order valence-electron chi connectivity index (χ2n) is 4.46. The third-order valence-corrected chi connectivity index (χ3v) is 4.26. The first-order chi connectivity index (χ1) is 10.5. The first-order valence-corrected chi connectivity index (χ1v) is 8.02. The molecule has 2 rings (SSSR count). The predicted molar refractivity (Wildman–Crippen MR) is 87.7 cm³/mol. The fourth-order valence-electron chi connectivity index (χ4n) is 1.70. The van der Waals surface area contributed by atoms with Crippen LogP contribution in [0.3, 0.4) is 0 Å². The van der Waals surface area contributed by atoms with E-state index in [0.717, 1.165) is 5.56 Å². The quantitative estimate of drug-likeness (QED) is 0.806. The van der Waals surface area contributed by atoms with Crippen molar-refractivity contribution in [3.63, 3.8) is 0 Å². The van der Waals surface area contributed by atoms with E-state index in [2.05, 4.69) is 10.3 Å². The van der Waals surface area contributed by atoms with Crippen LogP contribution in [0.5, 0.6) is 0 Å². The number of thiazole rings is 1. The van der Waals surface area contributed by atoms with Gasteiger partial charge in [0.25, 0.3) is 0 Å². The van der Waals surface area contributed by atoms with Crippen LogP contribution in [0.2, 0.25) is 10.0 Å². The second kappa shape index (κ2) is 7.58. The first-order valence-electron chi connectivity index (χ1n) is 6.38. The minimum Gasteiger partial charge on any atom is -0.481 e. The van der Waals surface area contributed by atoms with Crippen LogP contribution >= 0.6 is 34.5 Å². The number of hydrogen-bond acceptors (Lipinski definition) is 4. The van der Waals surface area contributed by atoms with Gasteiger partial charge in [-0.3, -0.25) is 9.59 Å². The molecule has 1 aromatic carbocycles. The summed E-state index contributed by atoms with van der Waals surface area (Å²) in [6, 6.07) is 5.18. The van der Waals surface area contributed by atoms with Gasteiger partial charge in [0.15, 0.2) is 5.13 Å². The summed E-state index contributed by atoms with van der Waals surface area (Å²) in [5.41, 5.74) is 1.49. The highest BCUT2D eigenvalue weighted by Gasteiger charge is 2.10. The number of halogens is 2. The van der Waals surface area contributed by atoms with Crippen molar-refractivity contribution in [1.29, 1.82) is 0 Å². The van der Waals surface area contributed by atoms with Crippen LogP contribution in [-0.4, -0.2) is 22.0 Å². The topological polar surface area (TPSA) is 79.3 Å². The van der Waals surface area contributed by atoms with Gasteiger partial charge in [-0.2, -0.15) is 0 Å². The first kappa shape index (κ1) is 16.7. The Bertz CT molecular complexity index is 703. The number of carboxylic acid groups (broad SMARTS) is 1. The van der Waals surface area contributed by atoms with E-state index in [1.165, 1.54) is 11.3 Å². The maximum atomic E-state index is 11.7. The summed E-state index contributed by atoms with van der Waals surface area (Å²) in [5, 5.41) is 14.3. The lowest BCUT2D eigenvalue weighted by Gasteiger charge is -2.01. The molecule has 0 aliphatic carbocycles. The Morgan fingerprint density at radius 1 is 1.23 bits per heavy atom. The molecule has 0 saturated heterocycles. The molecule has 0 atom stereocenters. The smallest absolute Gasteiger partial charge is 0.303 e. The Morgan fingerprint density at radius 2 is 2.00 bits per heavy atom. The van der Waals surface area contributed by atoms with E-state index in [1.807, 2.05) is 0 Å². The zero-order valence-corrected chi connectivity index (χ0v) is 13.6. The summed E-state index contributed by atoms with van der Waals surface area (Å²) in [7, 11) is 0. The van der Waals surface area contributed by atoms with Gasteiger partial charge < -0.3 is 10.4 Å². The molecule has 5 nitrogen and oxygen atoms in total. The van der Waals surface area contributed by atoms with Gasteiger partial charge in [-0.05, 0) is 18.6 Å². The number of aromatic nitrogens is 1. The van der Waals surface area contributed by atoms with Crippen LogP contribution < -0.4 is 5.32 Å².